The van der Waals surface area contributed by atoms with Gasteiger partial charge < -0.3 is 15.6 Å². The monoisotopic (exact) mass is 268 g/mol. The summed E-state index contributed by atoms with van der Waals surface area (Å²) in [7, 11) is 3.57. The van der Waals surface area contributed by atoms with Crippen molar-refractivity contribution in [1.29, 1.82) is 0 Å². The number of benzene rings is 1. The fourth-order valence-electron chi connectivity index (χ4n) is 1.62. The highest BCUT2D eigenvalue weighted by molar-refractivity contribution is 7.80. The molecular formula is C13H20N2O2S. The zero-order valence-electron chi connectivity index (χ0n) is 11.0. The van der Waals surface area contributed by atoms with Crippen LogP contribution in [0.3, 0.4) is 0 Å². The van der Waals surface area contributed by atoms with E-state index in [1.54, 1.807) is 7.11 Å². The topological polar surface area (TPSA) is 58.7 Å². The molecular weight excluding hydrogens is 248 g/mol. The number of aliphatic hydroxyl groups is 1. The van der Waals surface area contributed by atoms with Gasteiger partial charge in [0.05, 0.1) is 19.3 Å². The molecule has 1 rings (SSSR count). The smallest absolute Gasteiger partial charge is 0.129 e. The van der Waals surface area contributed by atoms with Crippen molar-refractivity contribution in [3.05, 3.63) is 29.3 Å². The molecule has 1 atom stereocenters. The van der Waals surface area contributed by atoms with Crippen molar-refractivity contribution in [1.82, 2.24) is 4.90 Å². The Hall–Kier alpha value is -1.17. The molecule has 0 saturated heterocycles. The van der Waals surface area contributed by atoms with E-state index in [4.69, 9.17) is 27.8 Å². The number of thiocarbonyl (C=S) groups is 1. The summed E-state index contributed by atoms with van der Waals surface area (Å²) in [6.45, 7) is 2.84. The third-order valence-corrected chi connectivity index (χ3v) is 3.20. The highest BCUT2D eigenvalue weighted by Gasteiger charge is 2.11. The number of rotatable bonds is 6. The van der Waals surface area contributed by atoms with E-state index in [1.165, 1.54) is 0 Å². The number of hydrogen-bond donors (Lipinski definition) is 2. The third-order valence-electron chi connectivity index (χ3n) is 2.98. The first-order chi connectivity index (χ1) is 8.49. The van der Waals surface area contributed by atoms with Crippen molar-refractivity contribution in [2.24, 2.45) is 5.73 Å². The van der Waals surface area contributed by atoms with Crippen LogP contribution in [0.4, 0.5) is 0 Å². The molecule has 4 nitrogen and oxygen atoms in total. The molecule has 0 aliphatic rings. The van der Waals surface area contributed by atoms with Gasteiger partial charge in [0.1, 0.15) is 10.7 Å². The molecule has 0 aliphatic carbocycles. The Bertz CT molecular complexity index is 423. The van der Waals surface area contributed by atoms with Gasteiger partial charge in [0.2, 0.25) is 0 Å². The van der Waals surface area contributed by atoms with Gasteiger partial charge >= 0.3 is 0 Å². The number of aliphatic hydroxyl groups excluding tert-OH is 1. The summed E-state index contributed by atoms with van der Waals surface area (Å²) in [5, 5.41) is 9.10. The second kappa shape index (κ2) is 6.68. The number of ether oxygens (including phenoxy) is 1. The number of nitrogens with zero attached hydrogens (tertiary/aromatic N) is 1. The van der Waals surface area contributed by atoms with Crippen molar-refractivity contribution in [3.63, 3.8) is 0 Å². The van der Waals surface area contributed by atoms with E-state index in [9.17, 15) is 0 Å². The SMILES string of the molecule is COc1cc(CN(C)C(C)CO)ccc1C(N)=S. The lowest BCUT2D eigenvalue weighted by Crippen LogP contribution is -2.31. The minimum Gasteiger partial charge on any atom is -0.496 e. The van der Waals surface area contributed by atoms with E-state index in [0.29, 0.717) is 10.7 Å². The van der Waals surface area contributed by atoms with Crippen molar-refractivity contribution >= 4 is 17.2 Å². The molecule has 1 unspecified atom stereocenters. The van der Waals surface area contributed by atoms with Gasteiger partial charge in [0.15, 0.2) is 0 Å². The maximum absolute atomic E-state index is 9.10. The Morgan fingerprint density at radius 3 is 2.72 bits per heavy atom. The first kappa shape index (κ1) is 14.9. The largest absolute Gasteiger partial charge is 0.496 e. The first-order valence-corrected chi connectivity index (χ1v) is 6.18. The van der Waals surface area contributed by atoms with Crippen LogP contribution in [0.5, 0.6) is 5.75 Å². The van der Waals surface area contributed by atoms with Crippen LogP contribution in [0, 0.1) is 0 Å². The number of likely N-dealkylation sites (N-methyl/N-ethyl adjacent to an activating group) is 1. The lowest BCUT2D eigenvalue weighted by Gasteiger charge is -2.23. The maximum Gasteiger partial charge on any atom is 0.129 e. The highest BCUT2D eigenvalue weighted by Crippen LogP contribution is 2.21. The minimum atomic E-state index is 0.117. The van der Waals surface area contributed by atoms with E-state index in [-0.39, 0.29) is 12.6 Å². The third kappa shape index (κ3) is 3.66. The molecule has 3 N–H and O–H groups in total. The van der Waals surface area contributed by atoms with Crippen LogP contribution < -0.4 is 10.5 Å². The normalized spacial score (nSPS) is 12.5. The van der Waals surface area contributed by atoms with Gasteiger partial charge in [-0.3, -0.25) is 4.90 Å². The average molecular weight is 268 g/mol. The highest BCUT2D eigenvalue weighted by atomic mass is 32.1. The predicted octanol–water partition coefficient (Wildman–Crippen LogP) is 1.14. The van der Waals surface area contributed by atoms with E-state index in [0.717, 1.165) is 17.7 Å². The second-order valence-corrected chi connectivity index (χ2v) is 4.79. The summed E-state index contributed by atoms with van der Waals surface area (Å²) in [4.78, 5) is 2.39. The Balaban J connectivity index is 2.89. The molecule has 1 aromatic carbocycles. The van der Waals surface area contributed by atoms with Gasteiger partial charge in [-0.15, -0.1) is 0 Å². The fourth-order valence-corrected chi connectivity index (χ4v) is 1.79. The zero-order valence-corrected chi connectivity index (χ0v) is 11.8. The predicted molar refractivity (Wildman–Crippen MR) is 76.9 cm³/mol. The van der Waals surface area contributed by atoms with Gasteiger partial charge in [0.25, 0.3) is 0 Å². The van der Waals surface area contributed by atoms with E-state index < -0.39 is 0 Å². The number of methoxy groups -OCH3 is 1. The molecule has 0 radical (unpaired) electrons. The molecule has 100 valence electrons. The lowest BCUT2D eigenvalue weighted by molar-refractivity contribution is 0.154. The molecule has 0 saturated carbocycles. The Morgan fingerprint density at radius 1 is 1.56 bits per heavy atom. The van der Waals surface area contributed by atoms with Crippen LogP contribution in [-0.4, -0.2) is 41.8 Å². The number of hydrogen-bond acceptors (Lipinski definition) is 4. The van der Waals surface area contributed by atoms with Gasteiger partial charge in [-0.1, -0.05) is 18.3 Å². The molecule has 0 aromatic heterocycles. The number of nitrogens with two attached hydrogens (primary N) is 1. The second-order valence-electron chi connectivity index (χ2n) is 4.35. The van der Waals surface area contributed by atoms with E-state index >= 15 is 0 Å². The van der Waals surface area contributed by atoms with Gasteiger partial charge in [-0.05, 0) is 31.7 Å². The summed E-state index contributed by atoms with van der Waals surface area (Å²) in [5.41, 5.74) is 7.46. The summed E-state index contributed by atoms with van der Waals surface area (Å²) >= 11 is 4.96. The van der Waals surface area contributed by atoms with Crippen molar-refractivity contribution in [2.45, 2.75) is 19.5 Å². The van der Waals surface area contributed by atoms with Crippen LogP contribution in [-0.2, 0) is 6.54 Å². The Kier molecular flexibility index (Phi) is 5.53. The molecule has 5 heteroatoms. The Morgan fingerprint density at radius 2 is 2.22 bits per heavy atom. The van der Waals surface area contributed by atoms with Crippen LogP contribution in [0.25, 0.3) is 0 Å². The van der Waals surface area contributed by atoms with Gasteiger partial charge in [-0.25, -0.2) is 0 Å². The molecule has 0 spiro atoms. The lowest BCUT2D eigenvalue weighted by atomic mass is 10.1. The molecule has 0 aliphatic heterocycles. The van der Waals surface area contributed by atoms with Crippen molar-refractivity contribution in [2.75, 3.05) is 20.8 Å². The van der Waals surface area contributed by atoms with Crippen LogP contribution in [0.15, 0.2) is 18.2 Å². The molecule has 0 fully saturated rings. The van der Waals surface area contributed by atoms with Gasteiger partial charge in [0, 0.05) is 12.6 Å². The van der Waals surface area contributed by atoms with Crippen LogP contribution in [0.1, 0.15) is 18.1 Å². The molecule has 0 bridgehead atoms. The van der Waals surface area contributed by atoms with Crippen molar-refractivity contribution < 1.29 is 9.84 Å². The minimum absolute atomic E-state index is 0.117. The zero-order chi connectivity index (χ0) is 13.7. The molecule has 1 aromatic rings. The summed E-state index contributed by atoms with van der Waals surface area (Å²) < 4.78 is 5.28. The maximum atomic E-state index is 9.10. The summed E-state index contributed by atoms with van der Waals surface area (Å²) in [5.74, 6) is 0.685. The summed E-state index contributed by atoms with van der Waals surface area (Å²) in [6, 6.07) is 5.88. The first-order valence-electron chi connectivity index (χ1n) is 5.77. The van der Waals surface area contributed by atoms with E-state index in [2.05, 4.69) is 4.90 Å². The van der Waals surface area contributed by atoms with Crippen molar-refractivity contribution in [3.8, 4) is 5.75 Å². The van der Waals surface area contributed by atoms with Crippen LogP contribution in [0.2, 0.25) is 0 Å². The Labute approximate surface area is 113 Å². The standard InChI is InChI=1S/C13H20N2O2S/c1-9(8-16)15(2)7-10-4-5-11(13(14)18)12(6-10)17-3/h4-6,9,16H,7-8H2,1-3H3,(H2,14,18). The van der Waals surface area contributed by atoms with Gasteiger partial charge in [-0.2, -0.15) is 0 Å². The molecule has 0 heterocycles. The average Bonchev–Trinajstić information content (AvgIpc) is 2.37. The quantitative estimate of drug-likeness (QED) is 0.758. The molecule has 18 heavy (non-hydrogen) atoms. The fraction of sp³-hybridized carbons (Fsp3) is 0.462. The summed E-state index contributed by atoms with van der Waals surface area (Å²) in [6.07, 6.45) is 0. The van der Waals surface area contributed by atoms with E-state index in [1.807, 2.05) is 32.2 Å². The van der Waals surface area contributed by atoms with Crippen LogP contribution >= 0.6 is 12.2 Å². The molecule has 0 amide bonds.